The summed E-state index contributed by atoms with van der Waals surface area (Å²) in [6, 6.07) is 0. The maximum absolute atomic E-state index is 5.38. The molecular weight excluding hydrogens is 196 g/mol. The first-order valence-electron chi connectivity index (χ1n) is 5.11. The number of thioether (sulfide) groups is 1. The summed E-state index contributed by atoms with van der Waals surface area (Å²) in [5.74, 6) is 2.65. The van der Waals surface area contributed by atoms with Gasteiger partial charge in [-0.05, 0) is 5.92 Å². The molecule has 0 bridgehead atoms. The predicted octanol–water partition coefficient (Wildman–Crippen LogP) is 2.59. The van der Waals surface area contributed by atoms with E-state index < -0.39 is 0 Å². The van der Waals surface area contributed by atoms with Crippen molar-refractivity contribution in [1.29, 1.82) is 0 Å². The summed E-state index contributed by atoms with van der Waals surface area (Å²) in [6.07, 6.45) is 1.91. The van der Waals surface area contributed by atoms with Crippen molar-refractivity contribution in [1.82, 2.24) is 0 Å². The van der Waals surface area contributed by atoms with Gasteiger partial charge in [0.2, 0.25) is 0 Å². The van der Waals surface area contributed by atoms with Gasteiger partial charge in [-0.1, -0.05) is 19.9 Å². The summed E-state index contributed by atoms with van der Waals surface area (Å²) in [7, 11) is 0. The van der Waals surface area contributed by atoms with Crippen molar-refractivity contribution in [2.75, 3.05) is 37.9 Å². The highest BCUT2D eigenvalue weighted by Crippen LogP contribution is 1.98. The van der Waals surface area contributed by atoms with Crippen LogP contribution in [0.4, 0.5) is 0 Å². The molecule has 0 aliphatic carbocycles. The molecular formula is C11H22O2S. The summed E-state index contributed by atoms with van der Waals surface area (Å²) in [5, 5.41) is 0. The molecule has 14 heavy (non-hydrogen) atoms. The molecule has 0 aliphatic heterocycles. The van der Waals surface area contributed by atoms with Crippen LogP contribution in [0.25, 0.3) is 0 Å². The van der Waals surface area contributed by atoms with Crippen molar-refractivity contribution in [3.8, 4) is 0 Å². The Hall–Kier alpha value is 0.01000. The second-order valence-electron chi connectivity index (χ2n) is 3.44. The molecule has 0 spiro atoms. The van der Waals surface area contributed by atoms with E-state index in [1.54, 1.807) is 0 Å². The van der Waals surface area contributed by atoms with Gasteiger partial charge in [-0.15, -0.1) is 6.58 Å². The molecule has 0 N–H and O–H groups in total. The zero-order valence-corrected chi connectivity index (χ0v) is 10.1. The maximum atomic E-state index is 5.38. The minimum absolute atomic E-state index is 0.609. The molecule has 84 valence electrons. The van der Waals surface area contributed by atoms with Gasteiger partial charge in [0, 0.05) is 18.1 Å². The molecule has 0 radical (unpaired) electrons. The van der Waals surface area contributed by atoms with Gasteiger partial charge in [-0.2, -0.15) is 11.8 Å². The summed E-state index contributed by atoms with van der Waals surface area (Å²) >= 11 is 1.84. The van der Waals surface area contributed by atoms with Gasteiger partial charge in [-0.25, -0.2) is 0 Å². The lowest BCUT2D eigenvalue weighted by molar-refractivity contribution is 0.0430. The topological polar surface area (TPSA) is 18.5 Å². The standard InChI is InChI=1S/C11H22O2S/c1-4-8-14-9-7-12-5-6-13-10-11(2)3/h4,11H,1,5-10H2,2-3H3. The van der Waals surface area contributed by atoms with Crippen molar-refractivity contribution in [3.63, 3.8) is 0 Å². The molecule has 0 aromatic heterocycles. The number of rotatable bonds is 10. The smallest absolute Gasteiger partial charge is 0.0700 e. The second kappa shape index (κ2) is 11.1. The Morgan fingerprint density at radius 2 is 1.93 bits per heavy atom. The third-order valence-corrected chi connectivity index (χ3v) is 2.36. The zero-order valence-electron chi connectivity index (χ0n) is 9.33. The van der Waals surface area contributed by atoms with Crippen LogP contribution in [0.15, 0.2) is 12.7 Å². The van der Waals surface area contributed by atoms with Crippen LogP contribution in [0, 0.1) is 5.92 Å². The lowest BCUT2D eigenvalue weighted by atomic mass is 10.2. The zero-order chi connectivity index (χ0) is 10.6. The van der Waals surface area contributed by atoms with Gasteiger partial charge in [-0.3, -0.25) is 0 Å². The van der Waals surface area contributed by atoms with E-state index in [9.17, 15) is 0 Å². The highest BCUT2D eigenvalue weighted by molar-refractivity contribution is 7.99. The summed E-state index contributed by atoms with van der Waals surface area (Å²) < 4.78 is 10.8. The first kappa shape index (κ1) is 14.0. The molecule has 3 heteroatoms. The molecule has 0 saturated carbocycles. The lowest BCUT2D eigenvalue weighted by Gasteiger charge is -2.07. The number of hydrogen-bond acceptors (Lipinski definition) is 3. The largest absolute Gasteiger partial charge is 0.379 e. The van der Waals surface area contributed by atoms with Gasteiger partial charge in [0.15, 0.2) is 0 Å². The average Bonchev–Trinajstić information content (AvgIpc) is 2.15. The minimum Gasteiger partial charge on any atom is -0.379 e. The molecule has 0 saturated heterocycles. The molecule has 2 nitrogen and oxygen atoms in total. The Morgan fingerprint density at radius 1 is 1.21 bits per heavy atom. The SMILES string of the molecule is C=CCSCCOCCOCC(C)C. The Morgan fingerprint density at radius 3 is 2.57 bits per heavy atom. The lowest BCUT2D eigenvalue weighted by Crippen LogP contribution is -2.09. The van der Waals surface area contributed by atoms with E-state index in [0.29, 0.717) is 19.1 Å². The molecule has 0 rings (SSSR count). The van der Waals surface area contributed by atoms with Crippen LogP contribution in [0.5, 0.6) is 0 Å². The van der Waals surface area contributed by atoms with E-state index in [1.165, 1.54) is 0 Å². The predicted molar refractivity (Wildman–Crippen MR) is 64.0 cm³/mol. The van der Waals surface area contributed by atoms with Gasteiger partial charge >= 0.3 is 0 Å². The molecule has 0 aromatic rings. The van der Waals surface area contributed by atoms with E-state index in [-0.39, 0.29) is 0 Å². The van der Waals surface area contributed by atoms with Crippen LogP contribution >= 0.6 is 11.8 Å². The van der Waals surface area contributed by atoms with Crippen molar-refractivity contribution in [3.05, 3.63) is 12.7 Å². The number of hydrogen-bond donors (Lipinski definition) is 0. The first-order valence-corrected chi connectivity index (χ1v) is 6.27. The van der Waals surface area contributed by atoms with E-state index in [2.05, 4.69) is 20.4 Å². The van der Waals surface area contributed by atoms with Crippen molar-refractivity contribution < 1.29 is 9.47 Å². The molecule has 0 aliphatic rings. The van der Waals surface area contributed by atoms with Gasteiger partial charge in [0.1, 0.15) is 0 Å². The van der Waals surface area contributed by atoms with Gasteiger partial charge < -0.3 is 9.47 Å². The maximum Gasteiger partial charge on any atom is 0.0700 e. The monoisotopic (exact) mass is 218 g/mol. The summed E-state index contributed by atoms with van der Waals surface area (Å²) in [5.41, 5.74) is 0. The van der Waals surface area contributed by atoms with E-state index >= 15 is 0 Å². The Labute approximate surface area is 92.0 Å². The quantitative estimate of drug-likeness (QED) is 0.415. The fourth-order valence-electron chi connectivity index (χ4n) is 0.823. The van der Waals surface area contributed by atoms with Crippen molar-refractivity contribution in [2.45, 2.75) is 13.8 Å². The van der Waals surface area contributed by atoms with Crippen LogP contribution in [0.2, 0.25) is 0 Å². The Kier molecular flexibility index (Phi) is 11.1. The molecule has 0 atom stereocenters. The van der Waals surface area contributed by atoms with Crippen LogP contribution in [0.3, 0.4) is 0 Å². The van der Waals surface area contributed by atoms with E-state index in [0.717, 1.165) is 24.7 Å². The highest BCUT2D eigenvalue weighted by Gasteiger charge is 1.93. The van der Waals surface area contributed by atoms with E-state index in [4.69, 9.17) is 9.47 Å². The molecule has 0 fully saturated rings. The minimum atomic E-state index is 0.609. The Bertz CT molecular complexity index is 126. The van der Waals surface area contributed by atoms with Gasteiger partial charge in [0.25, 0.3) is 0 Å². The molecule has 0 amide bonds. The van der Waals surface area contributed by atoms with E-state index in [1.807, 2.05) is 17.8 Å². The highest BCUT2D eigenvalue weighted by atomic mass is 32.2. The molecule has 0 aromatic carbocycles. The fraction of sp³-hybridized carbons (Fsp3) is 0.818. The fourth-order valence-corrected chi connectivity index (χ4v) is 1.39. The summed E-state index contributed by atoms with van der Waals surface area (Å²) in [6.45, 7) is 11.0. The van der Waals surface area contributed by atoms with Crippen molar-refractivity contribution >= 4 is 11.8 Å². The molecule has 0 heterocycles. The average molecular weight is 218 g/mol. The normalized spacial score (nSPS) is 10.8. The van der Waals surface area contributed by atoms with Crippen molar-refractivity contribution in [2.24, 2.45) is 5.92 Å². The second-order valence-corrected chi connectivity index (χ2v) is 4.59. The van der Waals surface area contributed by atoms with Crippen LogP contribution in [-0.2, 0) is 9.47 Å². The molecule has 0 unspecified atom stereocenters. The van der Waals surface area contributed by atoms with Gasteiger partial charge in [0.05, 0.1) is 19.8 Å². The first-order chi connectivity index (χ1) is 6.77. The Balaban J connectivity index is 2.88. The van der Waals surface area contributed by atoms with Crippen LogP contribution < -0.4 is 0 Å². The van der Waals surface area contributed by atoms with Crippen LogP contribution in [0.1, 0.15) is 13.8 Å². The third kappa shape index (κ3) is 12.0. The number of ether oxygens (including phenoxy) is 2. The van der Waals surface area contributed by atoms with Crippen LogP contribution in [-0.4, -0.2) is 37.9 Å². The summed E-state index contributed by atoms with van der Waals surface area (Å²) in [4.78, 5) is 0. The third-order valence-electron chi connectivity index (χ3n) is 1.43.